The Bertz CT molecular complexity index is 729. The molecule has 1 amide bonds. The fourth-order valence-electron chi connectivity index (χ4n) is 3.02. The van der Waals surface area contributed by atoms with E-state index < -0.39 is 0 Å². The van der Waals surface area contributed by atoms with Gasteiger partial charge in [-0.2, -0.15) is 0 Å². The highest BCUT2D eigenvalue weighted by atomic mass is 16.2. The maximum atomic E-state index is 13.1. The van der Waals surface area contributed by atoms with Crippen molar-refractivity contribution in [3.8, 4) is 0 Å². The third-order valence-corrected chi connectivity index (χ3v) is 4.39. The van der Waals surface area contributed by atoms with Crippen molar-refractivity contribution >= 4 is 17.4 Å². The Morgan fingerprint density at radius 3 is 2.71 bits per heavy atom. The van der Waals surface area contributed by atoms with Gasteiger partial charge in [0.05, 0.1) is 5.56 Å². The van der Waals surface area contributed by atoms with Crippen LogP contribution < -0.4 is 9.80 Å². The van der Waals surface area contributed by atoms with Crippen molar-refractivity contribution in [3.05, 3.63) is 53.7 Å². The smallest absolute Gasteiger partial charge is 0.262 e. The van der Waals surface area contributed by atoms with E-state index >= 15 is 0 Å². The zero-order chi connectivity index (χ0) is 17.1. The SMILES string of the molecule is CN(C)CCN(C)c1ncccc1C(=O)N1CCc2ccccc21. The second-order valence-electron chi connectivity index (χ2n) is 6.43. The van der Waals surface area contributed by atoms with Crippen molar-refractivity contribution in [1.82, 2.24) is 9.88 Å². The third kappa shape index (κ3) is 3.26. The molecule has 1 aromatic heterocycles. The second-order valence-corrected chi connectivity index (χ2v) is 6.43. The molecular formula is C19H24N4O. The molecule has 3 rings (SSSR count). The van der Waals surface area contributed by atoms with Crippen molar-refractivity contribution in [2.45, 2.75) is 6.42 Å². The summed E-state index contributed by atoms with van der Waals surface area (Å²) in [5.41, 5.74) is 2.92. The normalized spacial score (nSPS) is 13.2. The Morgan fingerprint density at radius 1 is 1.12 bits per heavy atom. The van der Waals surface area contributed by atoms with Gasteiger partial charge in [-0.1, -0.05) is 18.2 Å². The highest BCUT2D eigenvalue weighted by Gasteiger charge is 2.27. The van der Waals surface area contributed by atoms with E-state index in [4.69, 9.17) is 0 Å². The molecule has 0 radical (unpaired) electrons. The number of para-hydroxylation sites is 1. The number of likely N-dealkylation sites (N-methyl/N-ethyl adjacent to an activating group) is 2. The van der Waals surface area contributed by atoms with Crippen LogP contribution in [0.4, 0.5) is 11.5 Å². The van der Waals surface area contributed by atoms with Gasteiger partial charge >= 0.3 is 0 Å². The Hall–Kier alpha value is -2.40. The van der Waals surface area contributed by atoms with E-state index in [0.717, 1.165) is 37.6 Å². The summed E-state index contributed by atoms with van der Waals surface area (Å²) in [5.74, 6) is 0.772. The maximum Gasteiger partial charge on any atom is 0.262 e. The number of nitrogens with zero attached hydrogens (tertiary/aromatic N) is 4. The van der Waals surface area contributed by atoms with E-state index in [2.05, 4.69) is 20.9 Å². The van der Waals surface area contributed by atoms with Crippen molar-refractivity contribution in [3.63, 3.8) is 0 Å². The molecule has 2 heterocycles. The molecule has 1 aliphatic heterocycles. The molecule has 0 N–H and O–H groups in total. The summed E-state index contributed by atoms with van der Waals surface area (Å²) in [4.78, 5) is 23.6. The van der Waals surface area contributed by atoms with Crippen LogP contribution in [-0.4, -0.2) is 56.6 Å². The number of rotatable bonds is 5. The number of benzene rings is 1. The number of aromatic nitrogens is 1. The summed E-state index contributed by atoms with van der Waals surface area (Å²) in [6.07, 6.45) is 2.66. The van der Waals surface area contributed by atoms with Gasteiger partial charge in [-0.05, 0) is 44.3 Å². The topological polar surface area (TPSA) is 39.7 Å². The van der Waals surface area contributed by atoms with Gasteiger partial charge in [0, 0.05) is 38.6 Å². The van der Waals surface area contributed by atoms with Crippen LogP contribution in [0.3, 0.4) is 0 Å². The standard InChI is InChI=1S/C19H24N4O/c1-21(2)13-14-22(3)18-16(8-6-11-20-18)19(24)23-12-10-15-7-4-5-9-17(15)23/h4-9,11H,10,12-14H2,1-3H3. The lowest BCUT2D eigenvalue weighted by molar-refractivity contribution is 0.0989. The molecule has 0 atom stereocenters. The Kier molecular flexibility index (Phi) is 4.81. The number of fused-ring (bicyclic) bond motifs is 1. The summed E-state index contributed by atoms with van der Waals surface area (Å²) in [5, 5.41) is 0. The molecular weight excluding hydrogens is 300 g/mol. The minimum atomic E-state index is 0.0275. The van der Waals surface area contributed by atoms with E-state index in [-0.39, 0.29) is 5.91 Å². The lowest BCUT2D eigenvalue weighted by Crippen LogP contribution is -2.33. The molecule has 1 aliphatic rings. The van der Waals surface area contributed by atoms with E-state index in [1.807, 2.05) is 56.4 Å². The van der Waals surface area contributed by atoms with Crippen LogP contribution in [0.1, 0.15) is 15.9 Å². The summed E-state index contributed by atoms with van der Waals surface area (Å²) >= 11 is 0. The zero-order valence-electron chi connectivity index (χ0n) is 14.6. The number of amides is 1. The Morgan fingerprint density at radius 2 is 1.92 bits per heavy atom. The van der Waals surface area contributed by atoms with Gasteiger partial charge in [0.1, 0.15) is 5.82 Å². The first-order valence-electron chi connectivity index (χ1n) is 8.28. The number of anilines is 2. The highest BCUT2D eigenvalue weighted by Crippen LogP contribution is 2.30. The van der Waals surface area contributed by atoms with Gasteiger partial charge in [-0.15, -0.1) is 0 Å². The minimum Gasteiger partial charge on any atom is -0.358 e. The number of carbonyl (C=O) groups is 1. The summed E-state index contributed by atoms with van der Waals surface area (Å²) < 4.78 is 0. The van der Waals surface area contributed by atoms with Gasteiger partial charge in [-0.3, -0.25) is 4.79 Å². The number of carbonyl (C=O) groups excluding carboxylic acids is 1. The third-order valence-electron chi connectivity index (χ3n) is 4.39. The van der Waals surface area contributed by atoms with Crippen molar-refractivity contribution in [1.29, 1.82) is 0 Å². The molecule has 0 unspecified atom stereocenters. The lowest BCUT2D eigenvalue weighted by atomic mass is 10.1. The molecule has 24 heavy (non-hydrogen) atoms. The average Bonchev–Trinajstić information content (AvgIpc) is 3.03. The van der Waals surface area contributed by atoms with E-state index in [1.165, 1.54) is 5.56 Å². The van der Waals surface area contributed by atoms with Crippen LogP contribution in [0.25, 0.3) is 0 Å². The predicted molar refractivity (Wildman–Crippen MR) is 97.9 cm³/mol. The molecule has 0 aliphatic carbocycles. The molecule has 5 nitrogen and oxygen atoms in total. The van der Waals surface area contributed by atoms with Crippen LogP contribution in [0, 0.1) is 0 Å². The summed E-state index contributed by atoms with van der Waals surface area (Å²) in [7, 11) is 6.07. The molecule has 2 aromatic rings. The number of hydrogen-bond donors (Lipinski definition) is 0. The molecule has 0 spiro atoms. The van der Waals surface area contributed by atoms with Gasteiger partial charge in [0.15, 0.2) is 0 Å². The molecule has 0 fully saturated rings. The molecule has 1 aromatic carbocycles. The highest BCUT2D eigenvalue weighted by molar-refractivity contribution is 6.10. The van der Waals surface area contributed by atoms with E-state index in [1.54, 1.807) is 6.20 Å². The summed E-state index contributed by atoms with van der Waals surface area (Å²) in [6, 6.07) is 11.8. The van der Waals surface area contributed by atoms with E-state index in [0.29, 0.717) is 5.56 Å². The second kappa shape index (κ2) is 7.01. The van der Waals surface area contributed by atoms with Crippen molar-refractivity contribution in [2.75, 3.05) is 50.6 Å². The fraction of sp³-hybridized carbons (Fsp3) is 0.368. The fourth-order valence-corrected chi connectivity index (χ4v) is 3.02. The van der Waals surface area contributed by atoms with Gasteiger partial charge < -0.3 is 14.7 Å². The Balaban J connectivity index is 1.86. The average molecular weight is 324 g/mol. The largest absolute Gasteiger partial charge is 0.358 e. The van der Waals surface area contributed by atoms with Gasteiger partial charge in [-0.25, -0.2) is 4.98 Å². The van der Waals surface area contributed by atoms with Crippen LogP contribution in [0.15, 0.2) is 42.6 Å². The molecule has 0 saturated carbocycles. The monoisotopic (exact) mass is 324 g/mol. The summed E-state index contributed by atoms with van der Waals surface area (Å²) in [6.45, 7) is 2.46. The molecule has 126 valence electrons. The number of pyridine rings is 1. The molecule has 5 heteroatoms. The quantitative estimate of drug-likeness (QED) is 0.846. The molecule has 0 saturated heterocycles. The van der Waals surface area contributed by atoms with Crippen LogP contribution >= 0.6 is 0 Å². The van der Waals surface area contributed by atoms with Gasteiger partial charge in [0.2, 0.25) is 0 Å². The first-order chi connectivity index (χ1) is 11.6. The maximum absolute atomic E-state index is 13.1. The van der Waals surface area contributed by atoms with Crippen LogP contribution in [0.2, 0.25) is 0 Å². The van der Waals surface area contributed by atoms with Crippen molar-refractivity contribution < 1.29 is 4.79 Å². The van der Waals surface area contributed by atoms with Crippen LogP contribution in [-0.2, 0) is 6.42 Å². The zero-order valence-corrected chi connectivity index (χ0v) is 14.6. The Labute approximate surface area is 143 Å². The first-order valence-corrected chi connectivity index (χ1v) is 8.28. The number of hydrogen-bond acceptors (Lipinski definition) is 4. The minimum absolute atomic E-state index is 0.0275. The molecule has 0 bridgehead atoms. The first kappa shape index (κ1) is 16.5. The van der Waals surface area contributed by atoms with Crippen molar-refractivity contribution in [2.24, 2.45) is 0 Å². The van der Waals surface area contributed by atoms with Gasteiger partial charge in [0.25, 0.3) is 5.91 Å². The predicted octanol–water partition coefficient (Wildman–Crippen LogP) is 2.28. The van der Waals surface area contributed by atoms with Crippen LogP contribution in [0.5, 0.6) is 0 Å². The lowest BCUT2D eigenvalue weighted by Gasteiger charge is -2.24. The van der Waals surface area contributed by atoms with E-state index in [9.17, 15) is 4.79 Å².